The summed E-state index contributed by atoms with van der Waals surface area (Å²) in [6.07, 6.45) is 4.49. The summed E-state index contributed by atoms with van der Waals surface area (Å²) in [4.78, 5) is 43.4. The van der Waals surface area contributed by atoms with Crippen LogP contribution < -0.4 is 5.32 Å². The van der Waals surface area contributed by atoms with Crippen molar-refractivity contribution in [2.24, 2.45) is 10.9 Å². The molecule has 148 valence electrons. The number of imide groups is 1. The number of dihydropyridines is 1. The number of aliphatic imine (C=N–C) groups is 1. The Bertz CT molecular complexity index is 714. The third-order valence-electron chi connectivity index (χ3n) is 4.47. The van der Waals surface area contributed by atoms with Gasteiger partial charge in [-0.2, -0.15) is 9.48 Å². The largest absolute Gasteiger partial charge is 0.445 e. The van der Waals surface area contributed by atoms with Crippen molar-refractivity contribution in [1.82, 2.24) is 10.2 Å². The van der Waals surface area contributed by atoms with Gasteiger partial charge in [-0.15, -0.1) is 16.8 Å². The lowest BCUT2D eigenvalue weighted by atomic mass is 9.96. The third kappa shape index (κ3) is 4.84. The van der Waals surface area contributed by atoms with E-state index >= 15 is 0 Å². The Labute approximate surface area is 163 Å². The first-order valence-electron chi connectivity index (χ1n) is 9.00. The van der Waals surface area contributed by atoms with E-state index in [0.717, 1.165) is 34.6 Å². The number of nitrogens with zero attached hydrogens (tertiary/aromatic N) is 3. The van der Waals surface area contributed by atoms with Crippen LogP contribution in [0.1, 0.15) is 26.2 Å². The summed E-state index contributed by atoms with van der Waals surface area (Å²) in [6, 6.07) is -0.401. The molecule has 1 unspecified atom stereocenters. The van der Waals surface area contributed by atoms with E-state index < -0.39 is 11.9 Å². The van der Waals surface area contributed by atoms with Gasteiger partial charge < -0.3 is 10.1 Å². The summed E-state index contributed by atoms with van der Waals surface area (Å²) in [5.41, 5.74) is 0.963. The molecule has 2 rings (SSSR count). The predicted molar refractivity (Wildman–Crippen MR) is 105 cm³/mol. The first-order chi connectivity index (χ1) is 12.9. The second-order valence-corrected chi connectivity index (χ2v) is 7.43. The summed E-state index contributed by atoms with van der Waals surface area (Å²) in [5, 5.41) is 2.78. The van der Waals surface area contributed by atoms with Crippen molar-refractivity contribution < 1.29 is 23.7 Å². The van der Waals surface area contributed by atoms with E-state index in [-0.39, 0.29) is 17.6 Å². The molecule has 1 atom stereocenters. The first kappa shape index (κ1) is 21.3. The van der Waals surface area contributed by atoms with Gasteiger partial charge in [-0.25, -0.2) is 4.79 Å². The van der Waals surface area contributed by atoms with E-state index in [0.29, 0.717) is 19.0 Å². The molecule has 0 aliphatic carbocycles. The van der Waals surface area contributed by atoms with Crippen LogP contribution in [0, 0.1) is 5.92 Å². The van der Waals surface area contributed by atoms with Crippen LogP contribution in [0.25, 0.3) is 0 Å². The maximum atomic E-state index is 12.8. The second kappa shape index (κ2) is 9.80. The Morgan fingerprint density at radius 1 is 1.44 bits per heavy atom. The van der Waals surface area contributed by atoms with E-state index in [9.17, 15) is 14.4 Å². The van der Waals surface area contributed by atoms with Crippen molar-refractivity contribution in [3.05, 3.63) is 10.5 Å². The quantitative estimate of drug-likeness (QED) is 0.469. The normalized spacial score (nSPS) is 19.7. The van der Waals surface area contributed by atoms with Gasteiger partial charge in [-0.3, -0.25) is 9.59 Å². The number of nitrogens with one attached hydrogen (secondary N) is 1. The maximum absolute atomic E-state index is 12.8. The molecule has 0 aromatic rings. The number of thioether (sulfide) groups is 1. The van der Waals surface area contributed by atoms with E-state index in [1.807, 2.05) is 0 Å². The van der Waals surface area contributed by atoms with E-state index in [4.69, 9.17) is 4.74 Å². The number of urea groups is 1. The Morgan fingerprint density at radius 2 is 2.19 bits per heavy atom. The highest BCUT2D eigenvalue weighted by atomic mass is 32.2. The van der Waals surface area contributed by atoms with Crippen LogP contribution in [-0.4, -0.2) is 79.5 Å². The molecule has 2 aliphatic rings. The molecule has 0 fully saturated rings. The number of amides is 4. The molecule has 0 saturated heterocycles. The van der Waals surface area contributed by atoms with Gasteiger partial charge in [0.2, 0.25) is 5.91 Å². The summed E-state index contributed by atoms with van der Waals surface area (Å²) >= 11 is 1.35. The number of allylic oxidation sites excluding steroid dienone is 1. The fourth-order valence-corrected chi connectivity index (χ4v) is 4.02. The molecule has 4 amide bonds. The number of carbonyl (C=O) groups excluding carboxylic acids is 3. The minimum atomic E-state index is -0.633. The van der Waals surface area contributed by atoms with Gasteiger partial charge in [0.05, 0.1) is 26.5 Å². The number of amidine groups is 1. The fourth-order valence-electron chi connectivity index (χ4n) is 2.92. The number of carbonyl (C=O) groups is 3. The molecule has 0 bridgehead atoms. The van der Waals surface area contributed by atoms with E-state index in [2.05, 4.69) is 17.2 Å². The van der Waals surface area contributed by atoms with Gasteiger partial charge in [-0.05, 0) is 18.4 Å². The Hall–Kier alpha value is -2.00. The maximum Gasteiger partial charge on any atom is 0.445 e. The predicted octanol–water partition coefficient (Wildman–Crippen LogP) is 1.26. The fraction of sp³-hybridized carbons (Fsp3) is 0.611. The van der Waals surface area contributed by atoms with Crippen molar-refractivity contribution in [3.63, 3.8) is 0 Å². The Kier molecular flexibility index (Phi) is 7.73. The highest BCUT2D eigenvalue weighted by molar-refractivity contribution is 8.03. The lowest BCUT2D eigenvalue weighted by Crippen LogP contribution is -2.52. The number of ether oxygens (including phenoxy) is 1. The molecule has 0 aromatic carbocycles. The van der Waals surface area contributed by atoms with Crippen molar-refractivity contribution in [3.8, 4) is 0 Å². The molecule has 0 aromatic heterocycles. The van der Waals surface area contributed by atoms with Gasteiger partial charge >= 0.3 is 11.9 Å². The standard InChI is InChI=1S/C18H26N4O4S/c1-5-6-7-12-10-20-16-14(17(24)22(3)18(25)21(16)2)15(12)27-11-13(23)19-8-9-26-4/h10,14H,5-9,11H2,1-4H3/p+1. The first-order valence-corrected chi connectivity index (χ1v) is 9.98. The number of methoxy groups -OCH3 is 1. The molecule has 2 heterocycles. The Balaban J connectivity index is 2.27. The zero-order chi connectivity index (χ0) is 20.0. The van der Waals surface area contributed by atoms with Crippen LogP contribution in [0.15, 0.2) is 15.5 Å². The van der Waals surface area contributed by atoms with Crippen molar-refractivity contribution in [1.29, 1.82) is 0 Å². The molecule has 9 heteroatoms. The summed E-state index contributed by atoms with van der Waals surface area (Å²) < 4.78 is 6.33. The van der Waals surface area contributed by atoms with Crippen molar-refractivity contribution in [2.45, 2.75) is 26.2 Å². The molecule has 0 saturated carbocycles. The molecule has 2 aliphatic heterocycles. The minimum Gasteiger partial charge on any atom is -0.383 e. The van der Waals surface area contributed by atoms with Crippen LogP contribution in [0.3, 0.4) is 0 Å². The molecule has 27 heavy (non-hydrogen) atoms. The zero-order valence-corrected chi connectivity index (χ0v) is 17.1. The summed E-state index contributed by atoms with van der Waals surface area (Å²) in [7, 11) is 4.66. The molecular weight excluding hydrogens is 368 g/mol. The number of rotatable bonds is 9. The van der Waals surface area contributed by atoms with Gasteiger partial charge in [0.1, 0.15) is 6.21 Å². The molecule has 0 radical (unpaired) electrons. The second-order valence-electron chi connectivity index (χ2n) is 6.41. The van der Waals surface area contributed by atoms with E-state index in [1.54, 1.807) is 20.4 Å². The highest BCUT2D eigenvalue weighted by Crippen LogP contribution is 2.36. The van der Waals surface area contributed by atoms with E-state index in [1.165, 1.54) is 23.4 Å². The number of unbranched alkanes of at least 4 members (excludes halogenated alkanes) is 1. The average Bonchev–Trinajstić information content (AvgIpc) is 2.67. The topological polar surface area (TPSA) is 91.1 Å². The van der Waals surface area contributed by atoms with Crippen LogP contribution in [0.2, 0.25) is 0 Å². The van der Waals surface area contributed by atoms with Gasteiger partial charge in [0, 0.05) is 18.6 Å². The molecule has 8 nitrogen and oxygen atoms in total. The van der Waals surface area contributed by atoms with Crippen LogP contribution in [0.4, 0.5) is 4.79 Å². The number of hydrogen-bond donors (Lipinski definition) is 1. The summed E-state index contributed by atoms with van der Waals surface area (Å²) in [5.74, 6) is -0.441. The van der Waals surface area contributed by atoms with Crippen molar-refractivity contribution >= 4 is 41.7 Å². The van der Waals surface area contributed by atoms with Gasteiger partial charge in [0.25, 0.3) is 5.84 Å². The molecular formula is C18H27N4O4S+. The highest BCUT2D eigenvalue weighted by Gasteiger charge is 2.48. The summed E-state index contributed by atoms with van der Waals surface area (Å²) in [6.45, 7) is 2.99. The number of hydrogen-bond acceptors (Lipinski definition) is 6. The lowest BCUT2D eigenvalue weighted by molar-refractivity contribution is -0.407. The molecule has 0 spiro atoms. The Morgan fingerprint density at radius 3 is 2.85 bits per heavy atom. The third-order valence-corrected chi connectivity index (χ3v) is 5.69. The number of fused-ring (bicyclic) bond motifs is 1. The van der Waals surface area contributed by atoms with Crippen LogP contribution >= 0.6 is 11.8 Å². The van der Waals surface area contributed by atoms with Gasteiger partial charge in [0.15, 0.2) is 5.92 Å². The SMILES string of the molecule is CCCCC1=C(SCC(=O)NCCOC)C2C(=O)N(C)C(=O)[N+](C)=C2N=C1. The van der Waals surface area contributed by atoms with Crippen LogP contribution in [0.5, 0.6) is 0 Å². The minimum absolute atomic E-state index is 0.121. The van der Waals surface area contributed by atoms with Crippen molar-refractivity contribution in [2.75, 3.05) is 40.1 Å². The van der Waals surface area contributed by atoms with Gasteiger partial charge in [-0.1, -0.05) is 13.3 Å². The average molecular weight is 396 g/mol. The zero-order valence-electron chi connectivity index (χ0n) is 16.3. The van der Waals surface area contributed by atoms with Crippen LogP contribution in [-0.2, 0) is 14.3 Å². The monoisotopic (exact) mass is 395 g/mol. The lowest BCUT2D eigenvalue weighted by Gasteiger charge is -2.28. The molecule has 1 N–H and O–H groups in total. The smallest absolute Gasteiger partial charge is 0.383 e.